The summed E-state index contributed by atoms with van der Waals surface area (Å²) in [6.45, 7) is 0. The summed E-state index contributed by atoms with van der Waals surface area (Å²) in [5, 5.41) is 0. The van der Waals surface area contributed by atoms with Gasteiger partial charge in [0, 0.05) is 5.69 Å². The molecule has 1 aromatic carbocycles. The highest BCUT2D eigenvalue weighted by Crippen LogP contribution is 2.29. The fraction of sp³-hybridized carbons (Fsp3) is 0.533. The molecule has 0 unspecified atom stereocenters. The summed E-state index contributed by atoms with van der Waals surface area (Å²) in [4.78, 5) is 11.8. The minimum absolute atomic E-state index is 0.174. The number of benzene rings is 1. The van der Waals surface area contributed by atoms with Gasteiger partial charge in [0.25, 0.3) is 0 Å². The Hall–Kier alpha value is -1.71. The quantitative estimate of drug-likeness (QED) is 0.517. The number of methoxy groups -OCH3 is 1. The molecule has 4 nitrogen and oxygen atoms in total. The number of hydrogen-bond donors (Lipinski definition) is 1. The third-order valence-electron chi connectivity index (χ3n) is 3.54. The molecule has 1 aliphatic carbocycles. The minimum Gasteiger partial charge on any atom is -0.489 e. The van der Waals surface area contributed by atoms with Gasteiger partial charge in [-0.1, -0.05) is 18.9 Å². The van der Waals surface area contributed by atoms with Crippen molar-refractivity contribution in [1.82, 2.24) is 0 Å². The van der Waals surface area contributed by atoms with Crippen LogP contribution in [0.2, 0.25) is 0 Å². The first-order valence-electron chi connectivity index (χ1n) is 6.86. The number of esters is 1. The largest absolute Gasteiger partial charge is 0.489 e. The second-order valence-corrected chi connectivity index (χ2v) is 4.94. The van der Waals surface area contributed by atoms with Crippen molar-refractivity contribution in [2.75, 3.05) is 12.8 Å². The average Bonchev–Trinajstić information content (AvgIpc) is 2.67. The Morgan fingerprint density at radius 1 is 1.21 bits per heavy atom. The molecule has 1 saturated carbocycles. The Morgan fingerprint density at radius 2 is 1.89 bits per heavy atom. The summed E-state index contributed by atoms with van der Waals surface area (Å²) < 4.78 is 10.8. The monoisotopic (exact) mass is 263 g/mol. The van der Waals surface area contributed by atoms with E-state index in [9.17, 15) is 4.79 Å². The van der Waals surface area contributed by atoms with Crippen LogP contribution in [-0.4, -0.2) is 19.2 Å². The second-order valence-electron chi connectivity index (χ2n) is 4.94. The van der Waals surface area contributed by atoms with Gasteiger partial charge in [0.15, 0.2) is 0 Å². The van der Waals surface area contributed by atoms with Crippen molar-refractivity contribution in [2.24, 2.45) is 0 Å². The van der Waals surface area contributed by atoms with Crippen molar-refractivity contribution in [3.8, 4) is 5.75 Å². The fourth-order valence-corrected chi connectivity index (χ4v) is 2.51. The van der Waals surface area contributed by atoms with Crippen LogP contribution in [0, 0.1) is 0 Å². The van der Waals surface area contributed by atoms with Gasteiger partial charge in [-0.05, 0) is 37.8 Å². The van der Waals surface area contributed by atoms with Gasteiger partial charge in [-0.15, -0.1) is 0 Å². The smallest absolute Gasteiger partial charge is 0.343 e. The van der Waals surface area contributed by atoms with Gasteiger partial charge in [-0.2, -0.15) is 0 Å². The summed E-state index contributed by atoms with van der Waals surface area (Å²) in [7, 11) is 1.35. The van der Waals surface area contributed by atoms with Crippen LogP contribution in [0.4, 0.5) is 5.69 Å². The summed E-state index contributed by atoms with van der Waals surface area (Å²) in [6, 6.07) is 5.27. The highest BCUT2D eigenvalue weighted by Gasteiger charge is 2.20. The van der Waals surface area contributed by atoms with Crippen LogP contribution in [0.1, 0.15) is 48.9 Å². The zero-order chi connectivity index (χ0) is 13.7. The topological polar surface area (TPSA) is 61.5 Å². The van der Waals surface area contributed by atoms with Crippen molar-refractivity contribution in [3.05, 3.63) is 23.8 Å². The first kappa shape index (κ1) is 13.7. The molecule has 104 valence electrons. The lowest BCUT2D eigenvalue weighted by atomic mass is 10.1. The zero-order valence-electron chi connectivity index (χ0n) is 11.4. The Balaban J connectivity index is 2.19. The molecule has 4 heteroatoms. The van der Waals surface area contributed by atoms with E-state index >= 15 is 0 Å². The maximum absolute atomic E-state index is 11.8. The van der Waals surface area contributed by atoms with Crippen LogP contribution in [0.5, 0.6) is 5.75 Å². The second kappa shape index (κ2) is 6.45. The van der Waals surface area contributed by atoms with E-state index in [0.29, 0.717) is 17.0 Å². The Kier molecular flexibility index (Phi) is 4.66. The van der Waals surface area contributed by atoms with Crippen LogP contribution in [0.25, 0.3) is 0 Å². The number of ether oxygens (including phenoxy) is 2. The normalized spacial score (nSPS) is 16.7. The lowest BCUT2D eigenvalue weighted by Gasteiger charge is -2.19. The van der Waals surface area contributed by atoms with Gasteiger partial charge < -0.3 is 15.2 Å². The molecule has 2 rings (SSSR count). The highest BCUT2D eigenvalue weighted by atomic mass is 16.5. The van der Waals surface area contributed by atoms with Crippen molar-refractivity contribution in [3.63, 3.8) is 0 Å². The van der Waals surface area contributed by atoms with E-state index in [1.807, 2.05) is 0 Å². The third kappa shape index (κ3) is 3.40. The maximum atomic E-state index is 11.8. The average molecular weight is 263 g/mol. The maximum Gasteiger partial charge on any atom is 0.343 e. The van der Waals surface area contributed by atoms with Gasteiger partial charge in [0.2, 0.25) is 0 Å². The molecule has 0 atom stereocenters. The fourth-order valence-electron chi connectivity index (χ4n) is 2.51. The Bertz CT molecular complexity index is 437. The Morgan fingerprint density at radius 3 is 2.53 bits per heavy atom. The van der Waals surface area contributed by atoms with Crippen LogP contribution in [0.15, 0.2) is 18.2 Å². The van der Waals surface area contributed by atoms with E-state index in [2.05, 4.69) is 0 Å². The standard InChI is InChI=1S/C15H21NO3/c1-18-15(17)14-12(16)9-6-10-13(14)19-11-7-4-2-3-5-8-11/h6,9-11H,2-5,7-8,16H2,1H3. The van der Waals surface area contributed by atoms with E-state index in [1.165, 1.54) is 32.8 Å². The number of carbonyl (C=O) groups is 1. The number of anilines is 1. The minimum atomic E-state index is -0.443. The van der Waals surface area contributed by atoms with E-state index in [4.69, 9.17) is 15.2 Å². The third-order valence-corrected chi connectivity index (χ3v) is 3.54. The summed E-state index contributed by atoms with van der Waals surface area (Å²) in [5.41, 5.74) is 6.60. The highest BCUT2D eigenvalue weighted by molar-refractivity contribution is 5.98. The Labute approximate surface area is 113 Å². The molecule has 0 aliphatic heterocycles. The van der Waals surface area contributed by atoms with E-state index < -0.39 is 5.97 Å². The molecule has 0 amide bonds. The van der Waals surface area contributed by atoms with E-state index in [1.54, 1.807) is 18.2 Å². The molecule has 0 aromatic heterocycles. The predicted octanol–water partition coefficient (Wildman–Crippen LogP) is 3.16. The number of rotatable bonds is 3. The first-order chi connectivity index (χ1) is 9.22. The molecule has 1 aromatic rings. The van der Waals surface area contributed by atoms with Crippen molar-refractivity contribution < 1.29 is 14.3 Å². The van der Waals surface area contributed by atoms with Crippen LogP contribution in [0.3, 0.4) is 0 Å². The molecule has 0 spiro atoms. The molecule has 0 heterocycles. The SMILES string of the molecule is COC(=O)c1c(N)cccc1OC1CCCCCC1. The predicted molar refractivity (Wildman–Crippen MR) is 74.3 cm³/mol. The molecular formula is C15H21NO3. The van der Waals surface area contributed by atoms with Gasteiger partial charge in [0.05, 0.1) is 13.2 Å². The number of nitrogen functional groups attached to an aromatic ring is 1. The van der Waals surface area contributed by atoms with Gasteiger partial charge in [0.1, 0.15) is 11.3 Å². The molecule has 19 heavy (non-hydrogen) atoms. The number of carbonyl (C=O) groups excluding carboxylic acids is 1. The number of nitrogens with two attached hydrogens (primary N) is 1. The van der Waals surface area contributed by atoms with Gasteiger partial charge in [-0.25, -0.2) is 4.79 Å². The summed E-state index contributed by atoms with van der Waals surface area (Å²) in [5.74, 6) is 0.0977. The van der Waals surface area contributed by atoms with Gasteiger partial charge in [-0.3, -0.25) is 0 Å². The van der Waals surface area contributed by atoms with Crippen LogP contribution >= 0.6 is 0 Å². The van der Waals surface area contributed by atoms with Crippen molar-refractivity contribution >= 4 is 11.7 Å². The van der Waals surface area contributed by atoms with Crippen molar-refractivity contribution in [1.29, 1.82) is 0 Å². The lowest BCUT2D eigenvalue weighted by molar-refractivity contribution is 0.0593. The molecule has 1 fully saturated rings. The van der Waals surface area contributed by atoms with Gasteiger partial charge >= 0.3 is 5.97 Å². The molecular weight excluding hydrogens is 242 g/mol. The van der Waals surface area contributed by atoms with Crippen LogP contribution < -0.4 is 10.5 Å². The van der Waals surface area contributed by atoms with E-state index in [0.717, 1.165) is 12.8 Å². The molecule has 0 radical (unpaired) electrons. The molecule has 0 bridgehead atoms. The molecule has 0 saturated heterocycles. The van der Waals surface area contributed by atoms with Crippen LogP contribution in [-0.2, 0) is 4.74 Å². The van der Waals surface area contributed by atoms with Crippen molar-refractivity contribution in [2.45, 2.75) is 44.6 Å². The lowest BCUT2D eigenvalue weighted by Crippen LogP contribution is -2.18. The van der Waals surface area contributed by atoms with E-state index in [-0.39, 0.29) is 6.10 Å². The summed E-state index contributed by atoms with van der Waals surface area (Å²) >= 11 is 0. The molecule has 2 N–H and O–H groups in total. The zero-order valence-corrected chi connectivity index (χ0v) is 11.4. The first-order valence-corrected chi connectivity index (χ1v) is 6.86. The number of hydrogen-bond acceptors (Lipinski definition) is 4. The molecule has 1 aliphatic rings. The summed E-state index contributed by atoms with van der Waals surface area (Å²) in [6.07, 6.45) is 7.14.